The molecule has 1 aliphatic rings. The SMILES string of the molecule is CCN(C(=O)Nc1ccc(C(F)(F)F)cc1)C1Cc2ccc(SC(C)(C)C(=O)O)cc2C1. The summed E-state index contributed by atoms with van der Waals surface area (Å²) in [5.74, 6) is -0.891. The molecular formula is C23H25F3N2O3S. The number of carboxylic acids is 1. The molecule has 9 heteroatoms. The number of fused-ring (bicyclic) bond motifs is 1. The molecule has 5 nitrogen and oxygen atoms in total. The van der Waals surface area contributed by atoms with Gasteiger partial charge in [0.05, 0.1) is 5.56 Å². The highest BCUT2D eigenvalue weighted by molar-refractivity contribution is 8.01. The molecule has 1 aliphatic carbocycles. The molecule has 2 N–H and O–H groups in total. The summed E-state index contributed by atoms with van der Waals surface area (Å²) in [6.45, 7) is 5.60. The zero-order valence-corrected chi connectivity index (χ0v) is 18.8. The van der Waals surface area contributed by atoms with Gasteiger partial charge in [0.25, 0.3) is 0 Å². The molecule has 0 saturated heterocycles. The highest BCUT2D eigenvalue weighted by Gasteiger charge is 2.32. The standard InChI is InChI=1S/C23H25F3N2O3S/c1-4-28(21(31)27-17-8-6-16(7-9-17)23(24,25)26)18-11-14-5-10-19(13-15(14)12-18)32-22(2,3)20(29)30/h5-10,13,18H,4,11-12H2,1-3H3,(H,27,31)(H,29,30). The number of likely N-dealkylation sites (N-methyl/N-ethyl adjacent to an activating group) is 1. The van der Waals surface area contributed by atoms with Crippen LogP contribution in [0.15, 0.2) is 47.4 Å². The van der Waals surface area contributed by atoms with E-state index in [-0.39, 0.29) is 12.1 Å². The van der Waals surface area contributed by atoms with Gasteiger partial charge in [0.15, 0.2) is 0 Å². The van der Waals surface area contributed by atoms with E-state index in [1.165, 1.54) is 23.9 Å². The first kappa shape index (κ1) is 24.0. The summed E-state index contributed by atoms with van der Waals surface area (Å²) in [5, 5.41) is 12.0. The first-order valence-corrected chi connectivity index (χ1v) is 11.0. The molecule has 0 saturated carbocycles. The van der Waals surface area contributed by atoms with Crippen LogP contribution in [-0.2, 0) is 23.8 Å². The predicted octanol–water partition coefficient (Wildman–Crippen LogP) is 5.68. The predicted molar refractivity (Wildman–Crippen MR) is 118 cm³/mol. The summed E-state index contributed by atoms with van der Waals surface area (Å²) in [4.78, 5) is 26.7. The average Bonchev–Trinajstić information content (AvgIpc) is 3.10. The monoisotopic (exact) mass is 466 g/mol. The number of carboxylic acid groups (broad SMARTS) is 1. The lowest BCUT2D eigenvalue weighted by Crippen LogP contribution is -2.43. The van der Waals surface area contributed by atoms with Gasteiger partial charge in [0.2, 0.25) is 0 Å². The van der Waals surface area contributed by atoms with Crippen LogP contribution in [0, 0.1) is 0 Å². The van der Waals surface area contributed by atoms with Gasteiger partial charge in [0.1, 0.15) is 4.75 Å². The second kappa shape index (κ2) is 9.05. The van der Waals surface area contributed by atoms with Gasteiger partial charge in [-0.25, -0.2) is 4.79 Å². The summed E-state index contributed by atoms with van der Waals surface area (Å²) in [6, 6.07) is 9.75. The second-order valence-electron chi connectivity index (χ2n) is 8.20. The number of nitrogens with zero attached hydrogens (tertiary/aromatic N) is 1. The van der Waals surface area contributed by atoms with E-state index in [1.54, 1.807) is 18.7 Å². The van der Waals surface area contributed by atoms with E-state index >= 15 is 0 Å². The van der Waals surface area contributed by atoms with Gasteiger partial charge in [-0.05, 0) is 81.1 Å². The fraction of sp³-hybridized carbons (Fsp3) is 0.391. The van der Waals surface area contributed by atoms with Crippen LogP contribution in [0.25, 0.3) is 0 Å². The van der Waals surface area contributed by atoms with Crippen LogP contribution in [-0.4, -0.2) is 39.3 Å². The smallest absolute Gasteiger partial charge is 0.416 e. The van der Waals surface area contributed by atoms with E-state index in [4.69, 9.17) is 0 Å². The van der Waals surface area contributed by atoms with Gasteiger partial charge in [-0.2, -0.15) is 13.2 Å². The van der Waals surface area contributed by atoms with Gasteiger partial charge in [0, 0.05) is 23.2 Å². The van der Waals surface area contributed by atoms with E-state index in [1.807, 2.05) is 25.1 Å². The lowest BCUT2D eigenvalue weighted by Gasteiger charge is -2.28. The number of carbonyl (C=O) groups is 2. The van der Waals surface area contributed by atoms with Gasteiger partial charge >= 0.3 is 18.2 Å². The number of hydrogen-bond donors (Lipinski definition) is 2. The average molecular weight is 467 g/mol. The number of alkyl halides is 3. The van der Waals surface area contributed by atoms with E-state index in [9.17, 15) is 27.9 Å². The van der Waals surface area contributed by atoms with Gasteiger partial charge in [-0.3, -0.25) is 4.79 Å². The third-order valence-electron chi connectivity index (χ3n) is 5.48. The maximum absolute atomic E-state index is 12.8. The van der Waals surface area contributed by atoms with Crippen molar-refractivity contribution in [1.29, 1.82) is 0 Å². The number of rotatable bonds is 6. The molecule has 0 radical (unpaired) electrons. The van der Waals surface area contributed by atoms with E-state index < -0.39 is 22.5 Å². The molecule has 1 atom stereocenters. The molecular weight excluding hydrogens is 441 g/mol. The second-order valence-corrected chi connectivity index (χ2v) is 9.90. The first-order valence-electron chi connectivity index (χ1n) is 10.2. The van der Waals surface area contributed by atoms with E-state index in [0.29, 0.717) is 25.1 Å². The van der Waals surface area contributed by atoms with Crippen molar-refractivity contribution in [2.75, 3.05) is 11.9 Å². The Morgan fingerprint density at radius 2 is 1.72 bits per heavy atom. The molecule has 2 amide bonds. The zero-order chi connectivity index (χ0) is 23.7. The Morgan fingerprint density at radius 3 is 2.28 bits per heavy atom. The minimum absolute atomic E-state index is 0.0859. The minimum Gasteiger partial charge on any atom is -0.480 e. The number of urea groups is 1. The summed E-state index contributed by atoms with van der Waals surface area (Å²) in [5.41, 5.74) is 1.70. The van der Waals surface area contributed by atoms with Crippen molar-refractivity contribution in [3.8, 4) is 0 Å². The molecule has 0 spiro atoms. The Bertz CT molecular complexity index is 1010. The number of amides is 2. The van der Waals surface area contributed by atoms with Gasteiger partial charge < -0.3 is 15.3 Å². The Hall–Kier alpha value is -2.68. The Balaban J connectivity index is 1.68. The maximum Gasteiger partial charge on any atom is 0.416 e. The highest BCUT2D eigenvalue weighted by atomic mass is 32.2. The fourth-order valence-electron chi connectivity index (χ4n) is 3.70. The van der Waals surface area contributed by atoms with Crippen molar-refractivity contribution in [1.82, 2.24) is 4.90 Å². The molecule has 0 bridgehead atoms. The molecule has 0 fully saturated rings. The van der Waals surface area contributed by atoms with Crippen LogP contribution < -0.4 is 5.32 Å². The molecule has 3 rings (SSSR count). The van der Waals surface area contributed by atoms with Crippen molar-refractivity contribution in [2.45, 2.75) is 55.5 Å². The maximum atomic E-state index is 12.8. The van der Waals surface area contributed by atoms with Crippen molar-refractivity contribution in [3.63, 3.8) is 0 Å². The lowest BCUT2D eigenvalue weighted by molar-refractivity contribution is -0.139. The number of aliphatic carboxylic acids is 1. The number of hydrogen-bond acceptors (Lipinski definition) is 3. The molecule has 0 aromatic heterocycles. The Kier molecular flexibility index (Phi) is 6.78. The van der Waals surface area contributed by atoms with Crippen molar-refractivity contribution in [2.24, 2.45) is 0 Å². The summed E-state index contributed by atoms with van der Waals surface area (Å²) in [6.07, 6.45) is -3.13. The molecule has 32 heavy (non-hydrogen) atoms. The van der Waals surface area contributed by atoms with Crippen molar-refractivity contribution >= 4 is 29.4 Å². The van der Waals surface area contributed by atoms with Gasteiger partial charge in [-0.15, -0.1) is 11.8 Å². The summed E-state index contributed by atoms with van der Waals surface area (Å²) in [7, 11) is 0. The number of halogens is 3. The lowest BCUT2D eigenvalue weighted by atomic mass is 10.1. The van der Waals surface area contributed by atoms with Gasteiger partial charge in [-0.1, -0.05) is 6.07 Å². The van der Waals surface area contributed by atoms with Crippen molar-refractivity contribution < 1.29 is 27.9 Å². The van der Waals surface area contributed by atoms with Crippen LogP contribution >= 0.6 is 11.8 Å². The Labute approximate surface area is 189 Å². The van der Waals surface area contributed by atoms with Crippen LogP contribution in [0.2, 0.25) is 0 Å². The highest BCUT2D eigenvalue weighted by Crippen LogP contribution is 2.36. The van der Waals surface area contributed by atoms with Crippen LogP contribution in [0.5, 0.6) is 0 Å². The third-order valence-corrected chi connectivity index (χ3v) is 6.66. The largest absolute Gasteiger partial charge is 0.480 e. The number of carbonyl (C=O) groups excluding carboxylic acids is 1. The minimum atomic E-state index is -4.43. The molecule has 0 heterocycles. The van der Waals surface area contributed by atoms with Crippen LogP contribution in [0.3, 0.4) is 0 Å². The number of nitrogens with one attached hydrogen (secondary N) is 1. The third kappa shape index (κ3) is 5.38. The summed E-state index contributed by atoms with van der Waals surface area (Å²) < 4.78 is 37.2. The number of thioether (sulfide) groups is 1. The Morgan fingerprint density at radius 1 is 1.09 bits per heavy atom. The topological polar surface area (TPSA) is 69.6 Å². The van der Waals surface area contributed by atoms with Crippen molar-refractivity contribution in [3.05, 3.63) is 59.2 Å². The van der Waals surface area contributed by atoms with E-state index in [2.05, 4.69) is 5.32 Å². The molecule has 172 valence electrons. The fourth-order valence-corrected chi connectivity index (χ4v) is 4.71. The quantitative estimate of drug-likeness (QED) is 0.538. The zero-order valence-electron chi connectivity index (χ0n) is 18.0. The molecule has 1 unspecified atom stereocenters. The first-order chi connectivity index (χ1) is 14.9. The van der Waals surface area contributed by atoms with Crippen LogP contribution in [0.4, 0.5) is 23.7 Å². The molecule has 2 aromatic carbocycles. The number of benzene rings is 2. The number of anilines is 1. The molecule has 0 aliphatic heterocycles. The molecule has 2 aromatic rings. The summed E-state index contributed by atoms with van der Waals surface area (Å²) >= 11 is 1.27. The van der Waals surface area contributed by atoms with Crippen LogP contribution in [0.1, 0.15) is 37.5 Å². The normalized spacial score (nSPS) is 15.9. The van der Waals surface area contributed by atoms with E-state index in [0.717, 1.165) is 28.2 Å².